The summed E-state index contributed by atoms with van der Waals surface area (Å²) in [4.78, 5) is 9.37. The molecule has 0 amide bonds. The zero-order valence-electron chi connectivity index (χ0n) is 23.0. The number of allylic oxidation sites excluding steroid dienone is 4. The molecule has 6 rings (SSSR count). The van der Waals surface area contributed by atoms with Crippen LogP contribution in [-0.2, 0) is 0 Å². The highest BCUT2D eigenvalue weighted by molar-refractivity contribution is 5.67. The molecule has 4 aromatic rings. The summed E-state index contributed by atoms with van der Waals surface area (Å²) in [5.41, 5.74) is 9.64. The fraction of sp³-hybridized carbons (Fsp3) is 0.176. The summed E-state index contributed by atoms with van der Waals surface area (Å²) in [5, 5.41) is 0. The third-order valence-corrected chi connectivity index (χ3v) is 7.86. The molecule has 39 heavy (non-hydrogen) atoms. The van der Waals surface area contributed by atoms with Gasteiger partial charge in [0.05, 0.1) is 13.3 Å². The average molecular weight is 515 g/mol. The van der Waals surface area contributed by atoms with Gasteiger partial charge in [0.25, 0.3) is 0 Å². The lowest BCUT2D eigenvalue weighted by molar-refractivity contribution is 0.483. The molecule has 0 bridgehead atoms. The van der Waals surface area contributed by atoms with E-state index < -0.39 is 0 Å². The van der Waals surface area contributed by atoms with Crippen molar-refractivity contribution in [2.75, 3.05) is 32.9 Å². The molecule has 2 aliphatic heterocycles. The Morgan fingerprint density at radius 2 is 0.744 bits per heavy atom. The lowest BCUT2D eigenvalue weighted by Crippen LogP contribution is -2.27. The maximum absolute atomic E-state index is 6.41. The van der Waals surface area contributed by atoms with Gasteiger partial charge in [0, 0.05) is 57.7 Å². The van der Waals surface area contributed by atoms with Crippen LogP contribution in [0.15, 0.2) is 132 Å². The van der Waals surface area contributed by atoms with E-state index in [-0.39, 0.29) is 0 Å². The number of anilines is 4. The van der Waals surface area contributed by atoms with Gasteiger partial charge in [-0.1, -0.05) is 48.5 Å². The highest BCUT2D eigenvalue weighted by Gasteiger charge is 2.27. The van der Waals surface area contributed by atoms with Crippen LogP contribution in [0.3, 0.4) is 0 Å². The van der Waals surface area contributed by atoms with Crippen LogP contribution in [0.2, 0.25) is 0 Å². The van der Waals surface area contributed by atoms with Crippen molar-refractivity contribution in [3.63, 3.8) is 0 Å². The molecule has 0 aromatic heterocycles. The molecule has 0 fully saturated rings. The maximum atomic E-state index is 6.41. The largest absolute Gasteiger partial charge is 0.457 e. The highest BCUT2D eigenvalue weighted by atomic mass is 16.5. The van der Waals surface area contributed by atoms with E-state index in [0.29, 0.717) is 0 Å². The molecule has 0 unspecified atom stereocenters. The minimum Gasteiger partial charge on any atom is -0.457 e. The summed E-state index contributed by atoms with van der Waals surface area (Å²) in [6.07, 6.45) is 0. The van der Waals surface area contributed by atoms with Crippen LogP contribution in [0.1, 0.15) is 27.7 Å². The number of rotatable bonds is 6. The fourth-order valence-corrected chi connectivity index (χ4v) is 5.37. The van der Waals surface area contributed by atoms with Gasteiger partial charge in [-0.25, -0.2) is 0 Å². The number of para-hydroxylation sites is 2. The second-order valence-corrected chi connectivity index (χ2v) is 10.1. The second-order valence-electron chi connectivity index (χ2n) is 10.1. The third-order valence-electron chi connectivity index (χ3n) is 7.86. The number of benzene rings is 4. The van der Waals surface area contributed by atoms with Crippen molar-refractivity contribution < 1.29 is 4.74 Å². The molecule has 0 N–H and O–H groups in total. The maximum Gasteiger partial charge on any atom is 0.129 e. The molecule has 0 saturated carbocycles. The van der Waals surface area contributed by atoms with Gasteiger partial charge in [-0.3, -0.25) is 0 Å². The van der Waals surface area contributed by atoms with Crippen molar-refractivity contribution in [2.24, 2.45) is 0 Å². The molecule has 2 aliphatic rings. The van der Waals surface area contributed by atoms with Crippen molar-refractivity contribution in [3.8, 4) is 11.5 Å². The topological polar surface area (TPSA) is 22.2 Å². The summed E-state index contributed by atoms with van der Waals surface area (Å²) in [6.45, 7) is 10.3. The molecule has 5 nitrogen and oxygen atoms in total. The van der Waals surface area contributed by atoms with E-state index in [0.717, 1.165) is 36.2 Å². The first-order valence-electron chi connectivity index (χ1n) is 13.4. The van der Waals surface area contributed by atoms with Crippen LogP contribution in [0.5, 0.6) is 11.5 Å². The van der Waals surface area contributed by atoms with Crippen LogP contribution in [-0.4, -0.2) is 13.3 Å². The number of hydrogen-bond donors (Lipinski definition) is 0. The first-order chi connectivity index (χ1) is 19.0. The summed E-state index contributed by atoms with van der Waals surface area (Å²) in [7, 11) is 0. The van der Waals surface area contributed by atoms with E-state index in [1.165, 1.54) is 34.2 Å². The first-order valence-corrected chi connectivity index (χ1v) is 13.4. The normalized spacial score (nSPS) is 15.6. The minimum atomic E-state index is 0.776. The van der Waals surface area contributed by atoms with Gasteiger partial charge in [0.15, 0.2) is 0 Å². The zero-order chi connectivity index (χ0) is 26.9. The molecule has 4 aromatic carbocycles. The molecule has 5 heteroatoms. The highest BCUT2D eigenvalue weighted by Crippen LogP contribution is 2.37. The zero-order valence-corrected chi connectivity index (χ0v) is 23.0. The SMILES string of the molecule is CC1=C(C)N(c2cccc(Oc3cccc(N4CN(c5ccccc5)C(C)=C4C)c3)c2)CN1c1ccccc1. The molecule has 0 atom stereocenters. The average Bonchev–Trinajstić information content (AvgIpc) is 3.44. The standard InChI is InChI=1S/C34H34N4O/c1-25-27(3)37(23-35(25)29-13-7-5-8-14-29)31-17-11-19-33(21-31)39-34-20-12-18-32(22-34)38-24-36(26(2)28(38)4)30-15-9-6-10-16-30/h5-22H,23-24H2,1-4H3. The third kappa shape index (κ3) is 4.72. The number of hydrogen-bond acceptors (Lipinski definition) is 5. The van der Waals surface area contributed by atoms with Crippen LogP contribution in [0.4, 0.5) is 22.7 Å². The lowest BCUT2D eigenvalue weighted by atomic mass is 10.2. The Morgan fingerprint density at radius 1 is 0.410 bits per heavy atom. The van der Waals surface area contributed by atoms with Crippen molar-refractivity contribution >= 4 is 22.7 Å². The van der Waals surface area contributed by atoms with Gasteiger partial charge < -0.3 is 24.3 Å². The van der Waals surface area contributed by atoms with Crippen LogP contribution >= 0.6 is 0 Å². The Morgan fingerprint density at radius 3 is 1.13 bits per heavy atom. The summed E-state index contributed by atoms with van der Waals surface area (Å²) >= 11 is 0. The van der Waals surface area contributed by atoms with Crippen molar-refractivity contribution in [2.45, 2.75) is 27.7 Å². The van der Waals surface area contributed by atoms with E-state index in [9.17, 15) is 0 Å². The van der Waals surface area contributed by atoms with Gasteiger partial charge in [0.2, 0.25) is 0 Å². The minimum absolute atomic E-state index is 0.776. The van der Waals surface area contributed by atoms with E-state index in [2.05, 4.69) is 144 Å². The molecule has 0 spiro atoms. The summed E-state index contributed by atoms with van der Waals surface area (Å²) < 4.78 is 6.41. The van der Waals surface area contributed by atoms with E-state index in [4.69, 9.17) is 4.74 Å². The van der Waals surface area contributed by atoms with Gasteiger partial charge in [-0.15, -0.1) is 0 Å². The predicted molar refractivity (Wildman–Crippen MR) is 162 cm³/mol. The molecule has 196 valence electrons. The van der Waals surface area contributed by atoms with Crippen molar-refractivity contribution in [1.82, 2.24) is 0 Å². The monoisotopic (exact) mass is 514 g/mol. The summed E-state index contributed by atoms with van der Waals surface area (Å²) in [5.74, 6) is 1.65. The van der Waals surface area contributed by atoms with Crippen molar-refractivity contribution in [1.29, 1.82) is 0 Å². The smallest absolute Gasteiger partial charge is 0.129 e. The van der Waals surface area contributed by atoms with Crippen molar-refractivity contribution in [3.05, 3.63) is 132 Å². The first kappa shape index (κ1) is 24.7. The van der Waals surface area contributed by atoms with Gasteiger partial charge in [-0.2, -0.15) is 0 Å². The van der Waals surface area contributed by atoms with Crippen LogP contribution in [0, 0.1) is 0 Å². The van der Waals surface area contributed by atoms with Crippen LogP contribution in [0.25, 0.3) is 0 Å². The molecule has 2 heterocycles. The Bertz CT molecular complexity index is 1430. The van der Waals surface area contributed by atoms with Crippen LogP contribution < -0.4 is 24.3 Å². The van der Waals surface area contributed by atoms with Gasteiger partial charge >= 0.3 is 0 Å². The molecule has 0 saturated heterocycles. The Labute approximate surface area is 231 Å². The molecular weight excluding hydrogens is 480 g/mol. The Kier molecular flexibility index (Phi) is 6.49. The lowest BCUT2D eigenvalue weighted by Gasteiger charge is -2.25. The predicted octanol–water partition coefficient (Wildman–Crippen LogP) is 8.55. The molecule has 0 radical (unpaired) electrons. The number of nitrogens with zero attached hydrogens (tertiary/aromatic N) is 4. The Balaban J connectivity index is 1.21. The quantitative estimate of drug-likeness (QED) is 0.256. The van der Waals surface area contributed by atoms with E-state index in [1.54, 1.807) is 0 Å². The second kappa shape index (κ2) is 10.3. The fourth-order valence-electron chi connectivity index (χ4n) is 5.37. The Hall–Kier alpha value is -4.64. The number of ether oxygens (including phenoxy) is 1. The van der Waals surface area contributed by atoms with Gasteiger partial charge in [0.1, 0.15) is 11.5 Å². The van der Waals surface area contributed by atoms with E-state index >= 15 is 0 Å². The van der Waals surface area contributed by atoms with Gasteiger partial charge in [-0.05, 0) is 76.2 Å². The van der Waals surface area contributed by atoms with E-state index in [1.807, 2.05) is 12.1 Å². The summed E-state index contributed by atoms with van der Waals surface area (Å²) in [6, 6.07) is 37.8. The molecular formula is C34H34N4O. The molecule has 0 aliphatic carbocycles.